The normalized spacial score (nSPS) is 10.9. The molecule has 0 bridgehead atoms. The molecule has 3 heterocycles. The summed E-state index contributed by atoms with van der Waals surface area (Å²) in [5.41, 5.74) is 5.47. The Labute approximate surface area is 206 Å². The fourth-order valence-electron chi connectivity index (χ4n) is 3.95. The minimum atomic E-state index is -0.475. The van der Waals surface area contributed by atoms with Crippen LogP contribution in [-0.2, 0) is 18.4 Å². The Morgan fingerprint density at radius 3 is 2.54 bits per heavy atom. The zero-order valence-electron chi connectivity index (χ0n) is 19.1. The maximum absolute atomic E-state index is 12.3. The molecular formula is C27H21ClN4O3. The smallest absolute Gasteiger partial charge is 0.338 e. The molecular weight excluding hydrogens is 464 g/mol. The SMILES string of the molecule is COC(=O)c1cc(COc2ccc(-c3nn(C)cc3-c3ccncc3)cc2)nc2cccc(Cl)c12. The highest BCUT2D eigenvalue weighted by molar-refractivity contribution is 6.36. The molecule has 0 spiro atoms. The third-order valence-corrected chi connectivity index (χ3v) is 5.89. The summed E-state index contributed by atoms with van der Waals surface area (Å²) >= 11 is 6.32. The molecule has 0 saturated carbocycles. The van der Waals surface area contributed by atoms with Crippen molar-refractivity contribution in [2.24, 2.45) is 7.05 Å². The minimum Gasteiger partial charge on any atom is -0.487 e. The highest BCUT2D eigenvalue weighted by Crippen LogP contribution is 2.32. The number of halogens is 1. The van der Waals surface area contributed by atoms with E-state index in [-0.39, 0.29) is 6.61 Å². The molecule has 0 amide bonds. The van der Waals surface area contributed by atoms with Crippen LogP contribution >= 0.6 is 11.6 Å². The Kier molecular flexibility index (Phi) is 6.16. The number of rotatable bonds is 6. The zero-order valence-corrected chi connectivity index (χ0v) is 19.9. The lowest BCUT2D eigenvalue weighted by Gasteiger charge is -2.11. The number of hydrogen-bond acceptors (Lipinski definition) is 6. The highest BCUT2D eigenvalue weighted by Gasteiger charge is 2.17. The van der Waals surface area contributed by atoms with Crippen LogP contribution in [0.15, 0.2) is 79.3 Å². The molecule has 5 rings (SSSR count). The van der Waals surface area contributed by atoms with Crippen LogP contribution in [0.1, 0.15) is 16.1 Å². The first-order valence-electron chi connectivity index (χ1n) is 10.9. The first-order chi connectivity index (χ1) is 17.0. The van der Waals surface area contributed by atoms with Gasteiger partial charge >= 0.3 is 5.97 Å². The molecule has 5 aromatic rings. The Morgan fingerprint density at radius 1 is 1.03 bits per heavy atom. The van der Waals surface area contributed by atoms with Gasteiger partial charge in [-0.1, -0.05) is 17.7 Å². The molecule has 0 unspecified atom stereocenters. The topological polar surface area (TPSA) is 79.1 Å². The molecule has 7 nitrogen and oxygen atoms in total. The van der Waals surface area contributed by atoms with Gasteiger partial charge in [0.1, 0.15) is 18.1 Å². The summed E-state index contributed by atoms with van der Waals surface area (Å²) in [6, 6.07) is 18.6. The van der Waals surface area contributed by atoms with E-state index in [9.17, 15) is 4.79 Å². The van der Waals surface area contributed by atoms with Crippen molar-refractivity contribution < 1.29 is 14.3 Å². The summed E-state index contributed by atoms with van der Waals surface area (Å²) in [6.07, 6.45) is 5.53. The Hall–Kier alpha value is -4.23. The van der Waals surface area contributed by atoms with E-state index >= 15 is 0 Å². The summed E-state index contributed by atoms with van der Waals surface area (Å²) in [4.78, 5) is 21.1. The number of nitrogens with zero attached hydrogens (tertiary/aromatic N) is 4. The second-order valence-electron chi connectivity index (χ2n) is 7.90. The standard InChI is InChI=1S/C27H21ClN4O3/c1-32-15-22(17-10-12-29-13-11-17)26(31-32)18-6-8-20(9-7-18)35-16-19-14-21(27(33)34-2)25-23(28)4-3-5-24(25)30-19/h3-15H,16H2,1-2H3. The second kappa shape index (κ2) is 9.56. The fourth-order valence-corrected chi connectivity index (χ4v) is 4.23. The summed E-state index contributed by atoms with van der Waals surface area (Å²) in [5.74, 6) is 0.194. The average molecular weight is 485 g/mol. The van der Waals surface area contributed by atoms with E-state index in [1.54, 1.807) is 41.3 Å². The van der Waals surface area contributed by atoms with E-state index in [0.29, 0.717) is 32.9 Å². The van der Waals surface area contributed by atoms with Crippen LogP contribution in [0.5, 0.6) is 5.75 Å². The number of ether oxygens (including phenoxy) is 2. The quantitative estimate of drug-likeness (QED) is 0.287. The number of pyridine rings is 2. The third kappa shape index (κ3) is 4.58. The number of carbonyl (C=O) groups is 1. The van der Waals surface area contributed by atoms with E-state index < -0.39 is 5.97 Å². The van der Waals surface area contributed by atoms with E-state index in [0.717, 1.165) is 22.4 Å². The molecule has 0 aliphatic rings. The third-order valence-electron chi connectivity index (χ3n) is 5.58. The van der Waals surface area contributed by atoms with Crippen molar-refractivity contribution >= 4 is 28.5 Å². The highest BCUT2D eigenvalue weighted by atomic mass is 35.5. The fraction of sp³-hybridized carbons (Fsp3) is 0.111. The average Bonchev–Trinajstić information content (AvgIpc) is 3.29. The monoisotopic (exact) mass is 484 g/mol. The summed E-state index contributed by atoms with van der Waals surface area (Å²) in [5, 5.41) is 5.65. The molecule has 8 heteroatoms. The summed E-state index contributed by atoms with van der Waals surface area (Å²) in [6.45, 7) is 0.178. The van der Waals surface area contributed by atoms with Crippen LogP contribution in [0, 0.1) is 0 Å². The number of aryl methyl sites for hydroxylation is 1. The molecule has 0 N–H and O–H groups in total. The predicted octanol–water partition coefficient (Wildman–Crippen LogP) is 5.72. The van der Waals surface area contributed by atoms with Crippen LogP contribution in [-0.4, -0.2) is 32.8 Å². The van der Waals surface area contributed by atoms with Crippen LogP contribution in [0.25, 0.3) is 33.3 Å². The molecule has 0 radical (unpaired) electrons. The number of benzene rings is 2. The van der Waals surface area contributed by atoms with Gasteiger partial charge in [0.25, 0.3) is 0 Å². The van der Waals surface area contributed by atoms with E-state index in [1.165, 1.54) is 7.11 Å². The molecule has 35 heavy (non-hydrogen) atoms. The lowest BCUT2D eigenvalue weighted by molar-refractivity contribution is 0.0602. The summed E-state index contributed by atoms with van der Waals surface area (Å²) in [7, 11) is 3.24. The van der Waals surface area contributed by atoms with Crippen LogP contribution in [0.3, 0.4) is 0 Å². The van der Waals surface area contributed by atoms with Crippen LogP contribution in [0.2, 0.25) is 5.02 Å². The number of hydrogen-bond donors (Lipinski definition) is 0. The lowest BCUT2D eigenvalue weighted by Crippen LogP contribution is -2.07. The molecule has 0 aliphatic carbocycles. The van der Waals surface area contributed by atoms with Gasteiger partial charge in [-0.25, -0.2) is 9.78 Å². The summed E-state index contributed by atoms with van der Waals surface area (Å²) < 4.78 is 12.7. The first-order valence-corrected chi connectivity index (χ1v) is 11.2. The minimum absolute atomic E-state index is 0.178. The lowest BCUT2D eigenvalue weighted by atomic mass is 10.0. The van der Waals surface area contributed by atoms with Gasteiger partial charge < -0.3 is 9.47 Å². The maximum atomic E-state index is 12.3. The van der Waals surface area contributed by atoms with Gasteiger partial charge in [-0.3, -0.25) is 9.67 Å². The second-order valence-corrected chi connectivity index (χ2v) is 8.31. The molecule has 0 saturated heterocycles. The van der Waals surface area contributed by atoms with Gasteiger partial charge in [-0.15, -0.1) is 0 Å². The Bertz CT molecular complexity index is 1520. The van der Waals surface area contributed by atoms with Crippen LogP contribution < -0.4 is 4.74 Å². The van der Waals surface area contributed by atoms with Gasteiger partial charge in [-0.05, 0) is 60.2 Å². The van der Waals surface area contributed by atoms with Gasteiger partial charge in [0.15, 0.2) is 0 Å². The molecule has 2 aromatic carbocycles. The molecule has 0 atom stereocenters. The zero-order chi connectivity index (χ0) is 24.4. The van der Waals surface area contributed by atoms with Crippen molar-refractivity contribution in [2.45, 2.75) is 6.61 Å². The Morgan fingerprint density at radius 2 is 1.80 bits per heavy atom. The van der Waals surface area contributed by atoms with Crippen molar-refractivity contribution in [2.75, 3.05) is 7.11 Å². The van der Waals surface area contributed by atoms with Gasteiger partial charge in [0, 0.05) is 42.2 Å². The van der Waals surface area contributed by atoms with E-state index in [1.807, 2.05) is 49.6 Å². The number of carbonyl (C=O) groups excluding carboxylic acids is 1. The van der Waals surface area contributed by atoms with Crippen molar-refractivity contribution in [3.63, 3.8) is 0 Å². The van der Waals surface area contributed by atoms with Gasteiger partial charge in [-0.2, -0.15) is 5.10 Å². The molecule has 0 aliphatic heterocycles. The molecule has 3 aromatic heterocycles. The van der Waals surface area contributed by atoms with Crippen LogP contribution in [0.4, 0.5) is 0 Å². The molecule has 174 valence electrons. The van der Waals surface area contributed by atoms with Gasteiger partial charge in [0.2, 0.25) is 0 Å². The predicted molar refractivity (Wildman–Crippen MR) is 134 cm³/mol. The van der Waals surface area contributed by atoms with Crippen molar-refractivity contribution in [3.05, 3.63) is 95.5 Å². The van der Waals surface area contributed by atoms with Gasteiger partial charge in [0.05, 0.1) is 28.9 Å². The van der Waals surface area contributed by atoms with E-state index in [4.69, 9.17) is 21.1 Å². The first kappa shape index (κ1) is 22.6. The number of esters is 1. The number of aromatic nitrogens is 4. The largest absolute Gasteiger partial charge is 0.487 e. The number of fused-ring (bicyclic) bond motifs is 1. The van der Waals surface area contributed by atoms with Crippen molar-refractivity contribution in [1.82, 2.24) is 19.7 Å². The molecule has 0 fully saturated rings. The van der Waals surface area contributed by atoms with Crippen molar-refractivity contribution in [3.8, 4) is 28.1 Å². The Balaban J connectivity index is 1.39. The number of methoxy groups -OCH3 is 1. The van der Waals surface area contributed by atoms with E-state index in [2.05, 4.69) is 15.1 Å². The van der Waals surface area contributed by atoms with Crippen molar-refractivity contribution in [1.29, 1.82) is 0 Å². The maximum Gasteiger partial charge on any atom is 0.338 e.